The quantitative estimate of drug-likeness (QED) is 0.477. The van der Waals surface area contributed by atoms with Crippen LogP contribution in [-0.2, 0) is 20.8 Å². The number of carbonyl (C=O) groups is 1. The van der Waals surface area contributed by atoms with E-state index in [1.54, 1.807) is 18.4 Å². The van der Waals surface area contributed by atoms with Gasteiger partial charge in [0.25, 0.3) is 5.91 Å². The fourth-order valence-corrected chi connectivity index (χ4v) is 5.36. The van der Waals surface area contributed by atoms with Gasteiger partial charge in [0, 0.05) is 54.5 Å². The Labute approximate surface area is 198 Å². The van der Waals surface area contributed by atoms with Crippen molar-refractivity contribution in [1.29, 1.82) is 0 Å². The number of aromatic nitrogens is 2. The van der Waals surface area contributed by atoms with Crippen LogP contribution >= 0.6 is 11.3 Å². The summed E-state index contributed by atoms with van der Waals surface area (Å²) >= 11 is 1.59. The lowest BCUT2D eigenvalue weighted by Crippen LogP contribution is -2.39. The number of carbonyl (C=O) groups excluding carboxylic acids is 1. The molecule has 8 heteroatoms. The Bertz CT molecular complexity index is 1070. The number of benzene rings is 1. The molecule has 3 heterocycles. The molecule has 2 aromatic heterocycles. The Morgan fingerprint density at radius 2 is 2.09 bits per heavy atom. The monoisotopic (exact) mass is 469 g/mol. The Morgan fingerprint density at radius 3 is 2.79 bits per heavy atom. The Kier molecular flexibility index (Phi) is 7.06. The van der Waals surface area contributed by atoms with E-state index in [9.17, 15) is 4.79 Å². The smallest absolute Gasteiger partial charge is 0.252 e. The lowest BCUT2D eigenvalue weighted by atomic mass is 9.92. The van der Waals surface area contributed by atoms with Crippen molar-refractivity contribution in [3.63, 3.8) is 0 Å². The van der Waals surface area contributed by atoms with E-state index in [1.165, 1.54) is 0 Å². The first-order chi connectivity index (χ1) is 16.2. The van der Waals surface area contributed by atoms with Crippen LogP contribution in [0.15, 0.2) is 36.1 Å². The molecule has 2 fully saturated rings. The lowest BCUT2D eigenvalue weighted by Gasteiger charge is -2.29. The number of fused-ring (bicyclic) bond motifs is 1. The van der Waals surface area contributed by atoms with E-state index < -0.39 is 0 Å². The SMILES string of the molecule is COCCO[C@H]1CC[C@H](NC(=O)c2cc(-c3cncs3)cc3c2ccn3CC2COC2)CC1. The number of nitrogens with zero attached hydrogens (tertiary/aromatic N) is 2. The molecule has 0 atom stereocenters. The molecule has 5 rings (SSSR count). The molecule has 0 spiro atoms. The Hall–Kier alpha value is -2.26. The zero-order valence-electron chi connectivity index (χ0n) is 19.0. The van der Waals surface area contributed by atoms with Crippen LogP contribution < -0.4 is 5.32 Å². The maximum Gasteiger partial charge on any atom is 0.252 e. The highest BCUT2D eigenvalue weighted by atomic mass is 32.1. The van der Waals surface area contributed by atoms with Gasteiger partial charge in [-0.2, -0.15) is 0 Å². The van der Waals surface area contributed by atoms with E-state index in [1.807, 2.05) is 17.8 Å². The molecule has 1 aromatic carbocycles. The van der Waals surface area contributed by atoms with Crippen molar-refractivity contribution in [2.24, 2.45) is 5.92 Å². The predicted molar refractivity (Wildman–Crippen MR) is 129 cm³/mol. The summed E-state index contributed by atoms with van der Waals surface area (Å²) < 4.78 is 18.6. The fraction of sp³-hybridized carbons (Fsp3) is 0.520. The summed E-state index contributed by atoms with van der Waals surface area (Å²) in [6.45, 7) is 3.77. The minimum Gasteiger partial charge on any atom is -0.382 e. The molecular formula is C25H31N3O4S. The van der Waals surface area contributed by atoms with Crippen LogP contribution in [0.4, 0.5) is 0 Å². The molecule has 2 aliphatic rings. The molecule has 0 unspecified atom stereocenters. The van der Waals surface area contributed by atoms with E-state index in [4.69, 9.17) is 14.2 Å². The molecule has 0 bridgehead atoms. The first kappa shape index (κ1) is 22.5. The molecule has 1 aliphatic carbocycles. The van der Waals surface area contributed by atoms with E-state index in [0.717, 1.165) is 72.3 Å². The summed E-state index contributed by atoms with van der Waals surface area (Å²) in [5.74, 6) is 0.533. The maximum atomic E-state index is 13.4. The van der Waals surface area contributed by atoms with Crippen molar-refractivity contribution in [3.8, 4) is 10.4 Å². The number of rotatable bonds is 9. The second-order valence-electron chi connectivity index (χ2n) is 9.00. The third kappa shape index (κ3) is 5.14. The molecule has 1 saturated carbocycles. The van der Waals surface area contributed by atoms with E-state index >= 15 is 0 Å². The zero-order valence-corrected chi connectivity index (χ0v) is 19.8. The van der Waals surface area contributed by atoms with E-state index in [0.29, 0.717) is 19.1 Å². The number of amides is 1. The summed E-state index contributed by atoms with van der Waals surface area (Å²) in [4.78, 5) is 18.7. The molecule has 1 saturated heterocycles. The van der Waals surface area contributed by atoms with Crippen molar-refractivity contribution in [3.05, 3.63) is 41.7 Å². The minimum absolute atomic E-state index is 0.000144. The Morgan fingerprint density at radius 1 is 1.24 bits per heavy atom. The van der Waals surface area contributed by atoms with Crippen molar-refractivity contribution >= 4 is 28.1 Å². The number of hydrogen-bond donors (Lipinski definition) is 1. The average Bonchev–Trinajstić information content (AvgIpc) is 3.47. The molecule has 1 N–H and O–H groups in total. The molecule has 1 aliphatic heterocycles. The van der Waals surface area contributed by atoms with Crippen LogP contribution in [0.2, 0.25) is 0 Å². The highest BCUT2D eigenvalue weighted by molar-refractivity contribution is 7.13. The van der Waals surface area contributed by atoms with Gasteiger partial charge >= 0.3 is 0 Å². The number of nitrogens with one attached hydrogen (secondary N) is 1. The van der Waals surface area contributed by atoms with Crippen molar-refractivity contribution < 1.29 is 19.0 Å². The molecule has 3 aromatic rings. The summed E-state index contributed by atoms with van der Waals surface area (Å²) in [5.41, 5.74) is 4.69. The van der Waals surface area contributed by atoms with Gasteiger partial charge in [-0.3, -0.25) is 9.78 Å². The first-order valence-corrected chi connectivity index (χ1v) is 12.6. The number of ether oxygens (including phenoxy) is 3. The van der Waals surface area contributed by atoms with Crippen molar-refractivity contribution in [2.75, 3.05) is 33.5 Å². The van der Waals surface area contributed by atoms with Gasteiger partial charge in [-0.05, 0) is 49.4 Å². The number of methoxy groups -OCH3 is 1. The average molecular weight is 470 g/mol. The van der Waals surface area contributed by atoms with Crippen LogP contribution in [0, 0.1) is 5.92 Å². The van der Waals surface area contributed by atoms with Crippen LogP contribution in [0.25, 0.3) is 21.3 Å². The van der Waals surface area contributed by atoms with Crippen LogP contribution in [-0.4, -0.2) is 61.1 Å². The third-order valence-corrected chi connectivity index (χ3v) is 7.48. The summed E-state index contributed by atoms with van der Waals surface area (Å²) in [5, 5.41) is 4.30. The number of hydrogen-bond acceptors (Lipinski definition) is 6. The maximum absolute atomic E-state index is 13.4. The third-order valence-electron chi connectivity index (χ3n) is 6.66. The normalized spacial score (nSPS) is 21.2. The fourth-order valence-electron chi connectivity index (χ4n) is 4.75. The summed E-state index contributed by atoms with van der Waals surface area (Å²) in [6, 6.07) is 6.44. The minimum atomic E-state index is -0.000144. The van der Waals surface area contributed by atoms with Gasteiger partial charge < -0.3 is 24.1 Å². The second-order valence-corrected chi connectivity index (χ2v) is 9.89. The highest BCUT2D eigenvalue weighted by Gasteiger charge is 2.25. The van der Waals surface area contributed by atoms with Crippen LogP contribution in [0.3, 0.4) is 0 Å². The van der Waals surface area contributed by atoms with Crippen LogP contribution in [0.1, 0.15) is 36.0 Å². The van der Waals surface area contributed by atoms with Gasteiger partial charge in [-0.25, -0.2) is 0 Å². The van der Waals surface area contributed by atoms with Gasteiger partial charge in [-0.1, -0.05) is 0 Å². The molecule has 0 radical (unpaired) electrons. The molecule has 1 amide bonds. The summed E-state index contributed by atoms with van der Waals surface area (Å²) in [6.07, 6.45) is 8.02. The molecule has 176 valence electrons. The molecular weight excluding hydrogens is 438 g/mol. The largest absolute Gasteiger partial charge is 0.382 e. The lowest BCUT2D eigenvalue weighted by molar-refractivity contribution is -0.0388. The zero-order chi connectivity index (χ0) is 22.6. The van der Waals surface area contributed by atoms with Crippen molar-refractivity contribution in [2.45, 2.75) is 44.4 Å². The van der Waals surface area contributed by atoms with Gasteiger partial charge in [-0.15, -0.1) is 11.3 Å². The predicted octanol–water partition coefficient (Wildman–Crippen LogP) is 4.12. The molecule has 7 nitrogen and oxygen atoms in total. The molecule has 33 heavy (non-hydrogen) atoms. The highest BCUT2D eigenvalue weighted by Crippen LogP contribution is 2.32. The topological polar surface area (TPSA) is 74.6 Å². The van der Waals surface area contributed by atoms with Gasteiger partial charge in [0.1, 0.15) is 0 Å². The van der Waals surface area contributed by atoms with Crippen molar-refractivity contribution in [1.82, 2.24) is 14.9 Å². The van der Waals surface area contributed by atoms with E-state index in [2.05, 4.69) is 33.2 Å². The van der Waals surface area contributed by atoms with Gasteiger partial charge in [0.05, 0.1) is 42.9 Å². The van der Waals surface area contributed by atoms with Crippen LogP contribution in [0.5, 0.6) is 0 Å². The van der Waals surface area contributed by atoms with Gasteiger partial charge in [0.15, 0.2) is 0 Å². The standard InChI is InChI=1S/C25H31N3O4S/c1-30-8-9-32-20-4-2-19(3-5-20)27-25(29)22-10-18(24-12-26-16-33-24)11-23-21(22)6-7-28(23)13-17-14-31-15-17/h6-7,10-12,16-17,19-20H,2-5,8-9,13-15H2,1H3,(H,27,29)/t19-,20-. The van der Waals surface area contributed by atoms with Gasteiger partial charge in [0.2, 0.25) is 0 Å². The second kappa shape index (κ2) is 10.3. The Balaban J connectivity index is 1.34. The summed E-state index contributed by atoms with van der Waals surface area (Å²) in [7, 11) is 1.69. The number of thiazole rings is 1. The first-order valence-electron chi connectivity index (χ1n) is 11.7. The van der Waals surface area contributed by atoms with E-state index in [-0.39, 0.29) is 18.1 Å².